The summed E-state index contributed by atoms with van der Waals surface area (Å²) in [5.41, 5.74) is 1.40. The summed E-state index contributed by atoms with van der Waals surface area (Å²) < 4.78 is 5.27. The van der Waals surface area contributed by atoms with Crippen molar-refractivity contribution in [3.8, 4) is 6.07 Å². The molecular weight excluding hydrogens is 342 g/mol. The van der Waals surface area contributed by atoms with Crippen LogP contribution in [0.2, 0.25) is 0 Å². The van der Waals surface area contributed by atoms with Crippen LogP contribution < -0.4 is 5.32 Å². The second kappa shape index (κ2) is 9.22. The molecule has 1 heterocycles. The van der Waals surface area contributed by atoms with Crippen LogP contribution in [-0.4, -0.2) is 29.0 Å². The van der Waals surface area contributed by atoms with Crippen LogP contribution >= 0.6 is 0 Å². The van der Waals surface area contributed by atoms with Crippen LogP contribution in [-0.2, 0) is 9.53 Å². The summed E-state index contributed by atoms with van der Waals surface area (Å²) in [4.78, 5) is 26.9. The molecular formula is C21H27N3O3. The van der Waals surface area contributed by atoms with E-state index in [9.17, 15) is 9.59 Å². The van der Waals surface area contributed by atoms with E-state index in [2.05, 4.69) is 16.4 Å². The molecule has 0 fully saturated rings. The van der Waals surface area contributed by atoms with Crippen LogP contribution in [0, 0.1) is 11.3 Å². The molecule has 0 atom stereocenters. The number of hydrogen-bond donors (Lipinski definition) is 2. The monoisotopic (exact) mass is 369 g/mol. The van der Waals surface area contributed by atoms with Crippen molar-refractivity contribution in [1.29, 1.82) is 5.26 Å². The van der Waals surface area contributed by atoms with Crippen molar-refractivity contribution in [3.63, 3.8) is 0 Å². The summed E-state index contributed by atoms with van der Waals surface area (Å²) in [5.74, 6) is -0.312. The van der Waals surface area contributed by atoms with Gasteiger partial charge in [-0.25, -0.2) is 0 Å². The predicted molar refractivity (Wildman–Crippen MR) is 104 cm³/mol. The third-order valence-electron chi connectivity index (χ3n) is 4.01. The SMILES string of the molecule is CC(C)(C)OC(=O)CCCCCCNC(=O)c1cc2ccc(C#N)cc2[nH]1. The average molecular weight is 369 g/mol. The Morgan fingerprint density at radius 2 is 1.89 bits per heavy atom. The quantitative estimate of drug-likeness (QED) is 0.542. The van der Waals surface area contributed by atoms with Gasteiger partial charge in [0.25, 0.3) is 5.91 Å². The standard InChI is InChI=1S/C21H27N3O3/c1-21(2,3)27-19(25)8-6-4-5-7-11-23-20(26)18-13-16-10-9-15(14-22)12-17(16)24-18/h9-10,12-13,24H,4-8,11H2,1-3H3,(H,23,26). The van der Waals surface area contributed by atoms with Crippen molar-refractivity contribution in [1.82, 2.24) is 10.3 Å². The Morgan fingerprint density at radius 3 is 2.59 bits per heavy atom. The zero-order valence-electron chi connectivity index (χ0n) is 16.2. The minimum absolute atomic E-state index is 0.154. The molecule has 27 heavy (non-hydrogen) atoms. The van der Waals surface area contributed by atoms with E-state index in [0.717, 1.165) is 36.6 Å². The van der Waals surface area contributed by atoms with E-state index in [-0.39, 0.29) is 11.9 Å². The van der Waals surface area contributed by atoms with Crippen LogP contribution in [0.5, 0.6) is 0 Å². The summed E-state index contributed by atoms with van der Waals surface area (Å²) >= 11 is 0. The molecule has 0 bridgehead atoms. The van der Waals surface area contributed by atoms with Gasteiger partial charge >= 0.3 is 5.97 Å². The number of aromatic amines is 1. The van der Waals surface area contributed by atoms with Gasteiger partial charge in [0.15, 0.2) is 0 Å². The van der Waals surface area contributed by atoms with Crippen molar-refractivity contribution >= 4 is 22.8 Å². The summed E-state index contributed by atoms with van der Waals surface area (Å²) in [7, 11) is 0. The van der Waals surface area contributed by atoms with E-state index in [4.69, 9.17) is 10.00 Å². The molecule has 2 rings (SSSR count). The second-order valence-corrected chi connectivity index (χ2v) is 7.60. The number of ether oxygens (including phenoxy) is 1. The highest BCUT2D eigenvalue weighted by Gasteiger charge is 2.15. The average Bonchev–Trinajstić information content (AvgIpc) is 3.02. The van der Waals surface area contributed by atoms with Crippen molar-refractivity contribution in [2.45, 2.75) is 58.5 Å². The Morgan fingerprint density at radius 1 is 1.15 bits per heavy atom. The highest BCUT2D eigenvalue weighted by Crippen LogP contribution is 2.17. The Bertz CT molecular complexity index is 840. The van der Waals surface area contributed by atoms with E-state index >= 15 is 0 Å². The van der Waals surface area contributed by atoms with Gasteiger partial charge < -0.3 is 15.0 Å². The number of carbonyl (C=O) groups is 2. The molecule has 1 amide bonds. The first-order valence-corrected chi connectivity index (χ1v) is 9.31. The predicted octanol–water partition coefficient (Wildman–Crippen LogP) is 4.06. The molecule has 0 aliphatic rings. The number of rotatable bonds is 8. The first-order valence-electron chi connectivity index (χ1n) is 9.31. The lowest BCUT2D eigenvalue weighted by Gasteiger charge is -2.19. The van der Waals surface area contributed by atoms with Gasteiger partial charge in [-0.05, 0) is 51.8 Å². The molecule has 0 spiro atoms. The fourth-order valence-corrected chi connectivity index (χ4v) is 2.76. The van der Waals surface area contributed by atoms with Crippen molar-refractivity contribution in [2.75, 3.05) is 6.54 Å². The largest absolute Gasteiger partial charge is 0.460 e. The molecule has 144 valence electrons. The molecule has 1 aromatic heterocycles. The molecule has 0 radical (unpaired) electrons. The number of esters is 1. The van der Waals surface area contributed by atoms with E-state index in [1.54, 1.807) is 18.2 Å². The maximum atomic E-state index is 12.2. The molecule has 0 saturated heterocycles. The van der Waals surface area contributed by atoms with E-state index < -0.39 is 5.60 Å². The Labute approximate surface area is 159 Å². The number of H-pyrrole nitrogens is 1. The maximum Gasteiger partial charge on any atom is 0.306 e. The first kappa shape index (κ1) is 20.5. The minimum Gasteiger partial charge on any atom is -0.460 e. The highest BCUT2D eigenvalue weighted by atomic mass is 16.6. The second-order valence-electron chi connectivity index (χ2n) is 7.60. The number of unbranched alkanes of at least 4 members (excludes halogenated alkanes) is 3. The smallest absolute Gasteiger partial charge is 0.306 e. The molecule has 0 unspecified atom stereocenters. The molecule has 6 nitrogen and oxygen atoms in total. The van der Waals surface area contributed by atoms with Crippen molar-refractivity contribution < 1.29 is 14.3 Å². The lowest BCUT2D eigenvalue weighted by molar-refractivity contribution is -0.154. The summed E-state index contributed by atoms with van der Waals surface area (Å²) in [5, 5.41) is 12.7. The van der Waals surface area contributed by atoms with Gasteiger partial charge in [-0.3, -0.25) is 9.59 Å². The maximum absolute atomic E-state index is 12.2. The number of carbonyl (C=O) groups excluding carboxylic acids is 2. The zero-order chi connectivity index (χ0) is 19.9. The lowest BCUT2D eigenvalue weighted by atomic mass is 10.1. The van der Waals surface area contributed by atoms with Crippen molar-refractivity contribution in [3.05, 3.63) is 35.5 Å². The number of aromatic nitrogens is 1. The van der Waals surface area contributed by atoms with Crippen LogP contribution in [0.3, 0.4) is 0 Å². The molecule has 0 aliphatic carbocycles. The number of hydrogen-bond acceptors (Lipinski definition) is 4. The lowest BCUT2D eigenvalue weighted by Crippen LogP contribution is -2.24. The third-order valence-corrected chi connectivity index (χ3v) is 4.01. The summed E-state index contributed by atoms with van der Waals surface area (Å²) in [6, 6.07) is 9.16. The Balaban J connectivity index is 1.65. The zero-order valence-corrected chi connectivity index (χ0v) is 16.2. The number of nitrogens with zero attached hydrogens (tertiary/aromatic N) is 1. The fraction of sp³-hybridized carbons (Fsp3) is 0.476. The summed E-state index contributed by atoms with van der Waals surface area (Å²) in [6.07, 6.45) is 3.97. The topological polar surface area (TPSA) is 95.0 Å². The van der Waals surface area contributed by atoms with E-state index in [0.29, 0.717) is 24.2 Å². The van der Waals surface area contributed by atoms with Crippen LogP contribution in [0.4, 0.5) is 0 Å². The van der Waals surface area contributed by atoms with Crippen LogP contribution in [0.25, 0.3) is 10.9 Å². The Kier molecular flexibility index (Phi) is 7.00. The molecule has 0 saturated carbocycles. The minimum atomic E-state index is -0.430. The normalized spacial score (nSPS) is 11.2. The molecule has 2 N–H and O–H groups in total. The fourth-order valence-electron chi connectivity index (χ4n) is 2.76. The van der Waals surface area contributed by atoms with Gasteiger partial charge in [0.1, 0.15) is 11.3 Å². The molecule has 6 heteroatoms. The third kappa shape index (κ3) is 6.78. The van der Waals surface area contributed by atoms with Gasteiger partial charge in [0.05, 0.1) is 11.6 Å². The van der Waals surface area contributed by atoms with Gasteiger partial charge in [-0.15, -0.1) is 0 Å². The molecule has 2 aromatic rings. The number of fused-ring (bicyclic) bond motifs is 1. The summed E-state index contributed by atoms with van der Waals surface area (Å²) in [6.45, 7) is 6.18. The van der Waals surface area contributed by atoms with Crippen LogP contribution in [0.15, 0.2) is 24.3 Å². The Hall–Kier alpha value is -2.81. The van der Waals surface area contributed by atoms with Gasteiger partial charge in [0.2, 0.25) is 0 Å². The van der Waals surface area contributed by atoms with E-state index in [1.165, 1.54) is 0 Å². The molecule has 0 aliphatic heterocycles. The highest BCUT2D eigenvalue weighted by molar-refractivity contribution is 5.98. The molecule has 1 aromatic carbocycles. The number of benzene rings is 1. The van der Waals surface area contributed by atoms with Gasteiger partial charge in [-0.1, -0.05) is 18.9 Å². The van der Waals surface area contributed by atoms with Gasteiger partial charge in [0, 0.05) is 23.9 Å². The number of nitrogens with one attached hydrogen (secondary N) is 2. The van der Waals surface area contributed by atoms with E-state index in [1.807, 2.05) is 26.8 Å². The first-order chi connectivity index (χ1) is 12.8. The van der Waals surface area contributed by atoms with Gasteiger partial charge in [-0.2, -0.15) is 5.26 Å². The number of nitriles is 1. The van der Waals surface area contributed by atoms with Crippen LogP contribution in [0.1, 0.15) is 68.9 Å². The van der Waals surface area contributed by atoms with Crippen molar-refractivity contribution in [2.24, 2.45) is 0 Å². The number of amides is 1.